The summed E-state index contributed by atoms with van der Waals surface area (Å²) in [6.07, 6.45) is 21.0. The SMILES string of the molecule is C=CCCCCCCC1CO1.C=CCCCCCCC1CO1. The van der Waals surface area contributed by atoms with Gasteiger partial charge in [0.2, 0.25) is 0 Å². The van der Waals surface area contributed by atoms with Crippen LogP contribution < -0.4 is 0 Å². The first-order valence-electron chi connectivity index (χ1n) is 9.31. The largest absolute Gasteiger partial charge is 0.373 e. The van der Waals surface area contributed by atoms with Crippen LogP contribution in [0, 0.1) is 0 Å². The van der Waals surface area contributed by atoms with E-state index in [0.29, 0.717) is 12.2 Å². The standard InChI is InChI=1S/2C10H18O/c2*1-2-3-4-5-6-7-8-10-9-11-10/h2*2,10H,1,3-9H2. The van der Waals surface area contributed by atoms with Crippen molar-refractivity contribution in [2.75, 3.05) is 13.2 Å². The van der Waals surface area contributed by atoms with Gasteiger partial charge in [0.15, 0.2) is 0 Å². The maximum absolute atomic E-state index is 5.12. The molecule has 2 unspecified atom stereocenters. The van der Waals surface area contributed by atoms with E-state index in [9.17, 15) is 0 Å². The molecule has 0 aromatic carbocycles. The van der Waals surface area contributed by atoms with Crippen molar-refractivity contribution >= 4 is 0 Å². The fraction of sp³-hybridized carbons (Fsp3) is 0.800. The Morgan fingerprint density at radius 3 is 1.32 bits per heavy atom. The normalized spacial score (nSPS) is 21.6. The van der Waals surface area contributed by atoms with E-state index in [1.165, 1.54) is 77.0 Å². The third-order valence-electron chi connectivity index (χ3n) is 4.17. The predicted octanol–water partition coefficient (Wildman–Crippen LogP) is 5.82. The number of hydrogen-bond acceptors (Lipinski definition) is 2. The molecule has 0 bridgehead atoms. The summed E-state index contributed by atoms with van der Waals surface area (Å²) in [4.78, 5) is 0. The summed E-state index contributed by atoms with van der Waals surface area (Å²) < 4.78 is 10.2. The molecule has 0 spiro atoms. The number of allylic oxidation sites excluding steroid dienone is 2. The van der Waals surface area contributed by atoms with Crippen LogP contribution in [0.1, 0.15) is 77.0 Å². The zero-order valence-electron chi connectivity index (χ0n) is 14.4. The molecule has 2 saturated heterocycles. The van der Waals surface area contributed by atoms with Crippen molar-refractivity contribution in [3.63, 3.8) is 0 Å². The lowest BCUT2D eigenvalue weighted by Gasteiger charge is -1.96. The molecule has 2 rings (SSSR count). The number of unbranched alkanes of at least 4 members (excludes halogenated alkanes) is 8. The smallest absolute Gasteiger partial charge is 0.0810 e. The molecule has 22 heavy (non-hydrogen) atoms. The first-order valence-corrected chi connectivity index (χ1v) is 9.31. The minimum atomic E-state index is 0.634. The second kappa shape index (κ2) is 14.0. The first-order chi connectivity index (χ1) is 10.9. The fourth-order valence-electron chi connectivity index (χ4n) is 2.50. The van der Waals surface area contributed by atoms with Crippen molar-refractivity contribution < 1.29 is 9.47 Å². The number of rotatable bonds is 14. The molecule has 2 aliphatic heterocycles. The summed E-state index contributed by atoms with van der Waals surface area (Å²) in [5.41, 5.74) is 0. The van der Waals surface area contributed by atoms with Crippen molar-refractivity contribution in [3.05, 3.63) is 25.3 Å². The van der Waals surface area contributed by atoms with Crippen LogP contribution in [0.25, 0.3) is 0 Å². The van der Waals surface area contributed by atoms with Gasteiger partial charge >= 0.3 is 0 Å². The molecule has 2 fully saturated rings. The highest BCUT2D eigenvalue weighted by molar-refractivity contribution is 4.70. The van der Waals surface area contributed by atoms with Gasteiger partial charge in [-0.2, -0.15) is 0 Å². The molecule has 0 amide bonds. The Morgan fingerprint density at radius 2 is 1.00 bits per heavy atom. The molecule has 2 aliphatic rings. The van der Waals surface area contributed by atoms with Crippen molar-refractivity contribution in [2.24, 2.45) is 0 Å². The second-order valence-electron chi connectivity index (χ2n) is 6.47. The van der Waals surface area contributed by atoms with Crippen LogP contribution in [0.4, 0.5) is 0 Å². The van der Waals surface area contributed by atoms with E-state index < -0.39 is 0 Å². The van der Waals surface area contributed by atoms with Gasteiger partial charge in [0.05, 0.1) is 25.4 Å². The molecule has 2 heterocycles. The summed E-state index contributed by atoms with van der Waals surface area (Å²) >= 11 is 0. The van der Waals surface area contributed by atoms with Gasteiger partial charge in [0, 0.05) is 0 Å². The Balaban J connectivity index is 0.000000220. The molecule has 0 aliphatic carbocycles. The van der Waals surface area contributed by atoms with E-state index in [4.69, 9.17) is 9.47 Å². The number of ether oxygens (including phenoxy) is 2. The molecular weight excluding hydrogens is 272 g/mol. The van der Waals surface area contributed by atoms with E-state index in [2.05, 4.69) is 13.2 Å². The molecule has 0 aromatic heterocycles. The van der Waals surface area contributed by atoms with Crippen LogP contribution in [0.15, 0.2) is 25.3 Å². The minimum Gasteiger partial charge on any atom is -0.373 e. The third kappa shape index (κ3) is 14.3. The zero-order valence-corrected chi connectivity index (χ0v) is 14.4. The van der Waals surface area contributed by atoms with Gasteiger partial charge in [-0.1, -0.05) is 50.7 Å². The average molecular weight is 309 g/mol. The zero-order chi connectivity index (χ0) is 15.9. The van der Waals surface area contributed by atoms with Gasteiger partial charge in [-0.05, 0) is 38.5 Å². The predicted molar refractivity (Wildman–Crippen MR) is 95.3 cm³/mol. The Bertz CT molecular complexity index is 239. The fourth-order valence-corrected chi connectivity index (χ4v) is 2.50. The molecule has 0 N–H and O–H groups in total. The van der Waals surface area contributed by atoms with Crippen molar-refractivity contribution in [3.8, 4) is 0 Å². The Morgan fingerprint density at radius 1 is 0.636 bits per heavy atom. The van der Waals surface area contributed by atoms with Gasteiger partial charge in [0.25, 0.3) is 0 Å². The molecule has 128 valence electrons. The molecule has 2 heteroatoms. The van der Waals surface area contributed by atoms with Crippen LogP contribution in [-0.4, -0.2) is 25.4 Å². The summed E-state index contributed by atoms with van der Waals surface area (Å²) in [7, 11) is 0. The second-order valence-corrected chi connectivity index (χ2v) is 6.47. The molecule has 2 atom stereocenters. The summed E-state index contributed by atoms with van der Waals surface area (Å²) in [5.74, 6) is 0. The molecule has 0 saturated carbocycles. The Kier molecular flexibility index (Phi) is 12.4. The third-order valence-corrected chi connectivity index (χ3v) is 4.17. The van der Waals surface area contributed by atoms with Gasteiger partial charge in [-0.15, -0.1) is 13.2 Å². The van der Waals surface area contributed by atoms with Crippen LogP contribution in [-0.2, 0) is 9.47 Å². The average Bonchev–Trinajstić information content (AvgIpc) is 3.41. The molecule has 0 radical (unpaired) electrons. The molecule has 0 aromatic rings. The van der Waals surface area contributed by atoms with Crippen molar-refractivity contribution in [2.45, 2.75) is 89.3 Å². The molecular formula is C20H36O2. The summed E-state index contributed by atoms with van der Waals surface area (Å²) in [6.45, 7) is 9.43. The van der Waals surface area contributed by atoms with E-state index in [1.54, 1.807) is 0 Å². The maximum atomic E-state index is 5.12. The maximum Gasteiger partial charge on any atom is 0.0810 e. The minimum absolute atomic E-state index is 0.634. The first kappa shape index (κ1) is 19.4. The topological polar surface area (TPSA) is 25.1 Å². The van der Waals surface area contributed by atoms with Crippen LogP contribution >= 0.6 is 0 Å². The lowest BCUT2D eigenvalue weighted by molar-refractivity contribution is 0.388. The Labute approximate surface area is 138 Å². The van der Waals surface area contributed by atoms with E-state index >= 15 is 0 Å². The van der Waals surface area contributed by atoms with Crippen LogP contribution in [0.2, 0.25) is 0 Å². The van der Waals surface area contributed by atoms with Gasteiger partial charge in [0.1, 0.15) is 0 Å². The quantitative estimate of drug-likeness (QED) is 0.229. The van der Waals surface area contributed by atoms with Crippen molar-refractivity contribution in [1.29, 1.82) is 0 Å². The van der Waals surface area contributed by atoms with Gasteiger partial charge in [-0.3, -0.25) is 0 Å². The lowest BCUT2D eigenvalue weighted by Crippen LogP contribution is -1.85. The molecule has 2 nitrogen and oxygen atoms in total. The van der Waals surface area contributed by atoms with Gasteiger partial charge in [-0.25, -0.2) is 0 Å². The summed E-state index contributed by atoms with van der Waals surface area (Å²) in [5, 5.41) is 0. The highest BCUT2D eigenvalue weighted by Crippen LogP contribution is 2.18. The monoisotopic (exact) mass is 308 g/mol. The lowest BCUT2D eigenvalue weighted by atomic mass is 10.1. The number of hydrogen-bond donors (Lipinski definition) is 0. The highest BCUT2D eigenvalue weighted by atomic mass is 16.6. The van der Waals surface area contributed by atoms with Crippen LogP contribution in [0.5, 0.6) is 0 Å². The summed E-state index contributed by atoms with van der Waals surface area (Å²) in [6, 6.07) is 0. The van der Waals surface area contributed by atoms with E-state index in [0.717, 1.165) is 13.2 Å². The van der Waals surface area contributed by atoms with Gasteiger partial charge < -0.3 is 9.47 Å². The van der Waals surface area contributed by atoms with Crippen molar-refractivity contribution in [1.82, 2.24) is 0 Å². The highest BCUT2D eigenvalue weighted by Gasteiger charge is 2.21. The Hall–Kier alpha value is -0.600. The van der Waals surface area contributed by atoms with E-state index in [-0.39, 0.29) is 0 Å². The van der Waals surface area contributed by atoms with Crippen LogP contribution in [0.3, 0.4) is 0 Å². The van der Waals surface area contributed by atoms with E-state index in [1.807, 2.05) is 12.2 Å². The number of epoxide rings is 2.